The van der Waals surface area contributed by atoms with Crippen molar-refractivity contribution in [1.29, 1.82) is 0 Å². The second-order valence-electron chi connectivity index (χ2n) is 4.68. The molecule has 0 aliphatic rings. The number of halogens is 1. The van der Waals surface area contributed by atoms with Gasteiger partial charge in [0.05, 0.1) is 19.3 Å². The van der Waals surface area contributed by atoms with Crippen molar-refractivity contribution in [1.82, 2.24) is 0 Å². The summed E-state index contributed by atoms with van der Waals surface area (Å²) in [7, 11) is 1.54. The fourth-order valence-corrected chi connectivity index (χ4v) is 2.29. The number of hydrogen-bond donors (Lipinski definition) is 1. The highest BCUT2D eigenvalue weighted by Crippen LogP contribution is 2.34. The Morgan fingerprint density at radius 3 is 2.48 bits per heavy atom. The van der Waals surface area contributed by atoms with Crippen molar-refractivity contribution < 1.29 is 19.4 Å². The number of methoxy groups -OCH3 is 1. The fraction of sp³-hybridized carbons (Fsp3) is 0.167. The van der Waals surface area contributed by atoms with Crippen molar-refractivity contribution in [3.8, 4) is 11.5 Å². The first-order valence-corrected chi connectivity index (χ1v) is 7.45. The largest absolute Gasteiger partial charge is 0.493 e. The van der Waals surface area contributed by atoms with Crippen LogP contribution in [-0.4, -0.2) is 24.8 Å². The number of rotatable bonds is 6. The van der Waals surface area contributed by atoms with Crippen LogP contribution >= 0.6 is 11.6 Å². The maximum Gasteiger partial charge on any atom is 0.336 e. The summed E-state index contributed by atoms with van der Waals surface area (Å²) in [5, 5.41) is 10.1. The maximum atomic E-state index is 11.6. The van der Waals surface area contributed by atoms with Gasteiger partial charge in [-0.05, 0) is 36.8 Å². The van der Waals surface area contributed by atoms with Crippen LogP contribution in [-0.2, 0) is 4.79 Å². The van der Waals surface area contributed by atoms with Crippen LogP contribution < -0.4 is 9.47 Å². The van der Waals surface area contributed by atoms with Crippen LogP contribution in [0.15, 0.2) is 42.5 Å². The molecule has 0 fully saturated rings. The molecule has 0 amide bonds. The van der Waals surface area contributed by atoms with Crippen molar-refractivity contribution in [2.24, 2.45) is 0 Å². The Bertz CT molecular complexity index is 720. The minimum absolute atomic E-state index is 0.149. The van der Waals surface area contributed by atoms with Crippen molar-refractivity contribution >= 4 is 29.2 Å². The van der Waals surface area contributed by atoms with Gasteiger partial charge >= 0.3 is 5.97 Å². The van der Waals surface area contributed by atoms with Crippen LogP contribution in [0.25, 0.3) is 11.6 Å². The Morgan fingerprint density at radius 2 is 1.91 bits per heavy atom. The minimum Gasteiger partial charge on any atom is -0.493 e. The van der Waals surface area contributed by atoms with Crippen LogP contribution in [0.4, 0.5) is 0 Å². The summed E-state index contributed by atoms with van der Waals surface area (Å²) in [6.07, 6.45) is 1.57. The summed E-state index contributed by atoms with van der Waals surface area (Å²) in [5.74, 6) is 0.0456. The molecule has 120 valence electrons. The van der Waals surface area contributed by atoms with Gasteiger partial charge in [0.25, 0.3) is 0 Å². The van der Waals surface area contributed by atoms with Gasteiger partial charge in [-0.15, -0.1) is 0 Å². The smallest absolute Gasteiger partial charge is 0.336 e. The molecule has 0 heterocycles. The van der Waals surface area contributed by atoms with Gasteiger partial charge in [-0.3, -0.25) is 0 Å². The van der Waals surface area contributed by atoms with Crippen LogP contribution in [0.5, 0.6) is 11.5 Å². The quantitative estimate of drug-likeness (QED) is 0.630. The normalized spacial score (nSPS) is 11.2. The monoisotopic (exact) mass is 332 g/mol. The van der Waals surface area contributed by atoms with Gasteiger partial charge in [-0.25, -0.2) is 4.79 Å². The molecule has 0 spiro atoms. The second-order valence-corrected chi connectivity index (χ2v) is 5.12. The highest BCUT2D eigenvalue weighted by Gasteiger charge is 2.14. The third-order valence-electron chi connectivity index (χ3n) is 3.20. The number of para-hydroxylation sites is 1. The molecule has 4 nitrogen and oxygen atoms in total. The second kappa shape index (κ2) is 7.70. The van der Waals surface area contributed by atoms with E-state index < -0.39 is 5.97 Å². The average molecular weight is 333 g/mol. The van der Waals surface area contributed by atoms with E-state index in [1.165, 1.54) is 0 Å². The highest BCUT2D eigenvalue weighted by molar-refractivity contribution is 6.30. The van der Waals surface area contributed by atoms with E-state index in [0.29, 0.717) is 34.3 Å². The highest BCUT2D eigenvalue weighted by atomic mass is 35.5. The third kappa shape index (κ3) is 4.05. The summed E-state index contributed by atoms with van der Waals surface area (Å²) in [6.45, 7) is 2.31. The molecule has 2 aromatic rings. The summed E-state index contributed by atoms with van der Waals surface area (Å²) < 4.78 is 10.9. The lowest BCUT2D eigenvalue weighted by Crippen LogP contribution is -2.01. The van der Waals surface area contributed by atoms with Gasteiger partial charge in [-0.2, -0.15) is 0 Å². The lowest BCUT2D eigenvalue weighted by atomic mass is 10.0. The Hall–Kier alpha value is -2.46. The molecule has 0 aliphatic carbocycles. The molecular weight excluding hydrogens is 316 g/mol. The van der Waals surface area contributed by atoms with Crippen molar-refractivity contribution in [2.45, 2.75) is 6.92 Å². The fourth-order valence-electron chi connectivity index (χ4n) is 2.16. The molecule has 2 aromatic carbocycles. The SMILES string of the molecule is CCOc1c(/C=C(\C(=O)O)c2ccc(Cl)cc2)cccc1OC. The van der Waals surface area contributed by atoms with Gasteiger partial charge in [0.15, 0.2) is 11.5 Å². The van der Waals surface area contributed by atoms with E-state index >= 15 is 0 Å². The van der Waals surface area contributed by atoms with E-state index in [9.17, 15) is 9.90 Å². The number of carboxylic acid groups (broad SMARTS) is 1. The summed E-state index contributed by atoms with van der Waals surface area (Å²) in [6, 6.07) is 12.0. The standard InChI is InChI=1S/C18H17ClO4/c1-3-23-17-13(5-4-6-16(17)22-2)11-15(18(20)21)12-7-9-14(19)10-8-12/h4-11H,3H2,1-2H3,(H,20,21)/b15-11-. The molecule has 0 bridgehead atoms. The number of ether oxygens (including phenoxy) is 2. The van der Waals surface area contributed by atoms with Crippen molar-refractivity contribution in [3.05, 3.63) is 58.6 Å². The van der Waals surface area contributed by atoms with Crippen LogP contribution in [0, 0.1) is 0 Å². The predicted octanol–water partition coefficient (Wildman–Crippen LogP) is 4.37. The van der Waals surface area contributed by atoms with Crippen LogP contribution in [0.1, 0.15) is 18.1 Å². The van der Waals surface area contributed by atoms with E-state index in [4.69, 9.17) is 21.1 Å². The molecule has 1 N–H and O–H groups in total. The molecule has 0 saturated heterocycles. The number of carboxylic acids is 1. The Labute approximate surface area is 139 Å². The molecule has 0 aromatic heterocycles. The minimum atomic E-state index is -1.03. The van der Waals surface area contributed by atoms with Gasteiger partial charge < -0.3 is 14.6 Å². The molecule has 0 unspecified atom stereocenters. The zero-order valence-electron chi connectivity index (χ0n) is 12.9. The molecule has 0 radical (unpaired) electrons. The van der Waals surface area contributed by atoms with Gasteiger partial charge in [-0.1, -0.05) is 35.9 Å². The van der Waals surface area contributed by atoms with Crippen molar-refractivity contribution in [2.75, 3.05) is 13.7 Å². The molecule has 2 rings (SSSR count). The van der Waals surface area contributed by atoms with E-state index in [2.05, 4.69) is 0 Å². The van der Waals surface area contributed by atoms with Gasteiger partial charge in [0.1, 0.15) is 0 Å². The average Bonchev–Trinajstić information content (AvgIpc) is 2.54. The Balaban J connectivity index is 2.56. The predicted molar refractivity (Wildman–Crippen MR) is 91.1 cm³/mol. The lowest BCUT2D eigenvalue weighted by molar-refractivity contribution is -0.130. The Morgan fingerprint density at radius 1 is 1.22 bits per heavy atom. The summed E-state index contributed by atoms with van der Waals surface area (Å²) in [4.78, 5) is 11.6. The third-order valence-corrected chi connectivity index (χ3v) is 3.46. The number of hydrogen-bond acceptors (Lipinski definition) is 3. The molecular formula is C18H17ClO4. The molecule has 0 aliphatic heterocycles. The number of carbonyl (C=O) groups is 1. The number of benzene rings is 2. The van der Waals surface area contributed by atoms with Crippen LogP contribution in [0.3, 0.4) is 0 Å². The lowest BCUT2D eigenvalue weighted by Gasteiger charge is -2.13. The van der Waals surface area contributed by atoms with Gasteiger partial charge in [0, 0.05) is 10.6 Å². The molecule has 23 heavy (non-hydrogen) atoms. The van der Waals surface area contributed by atoms with Crippen LogP contribution in [0.2, 0.25) is 5.02 Å². The zero-order chi connectivity index (χ0) is 16.8. The van der Waals surface area contributed by atoms with E-state index in [1.54, 1.807) is 55.7 Å². The summed E-state index contributed by atoms with van der Waals surface area (Å²) >= 11 is 5.86. The first-order chi connectivity index (χ1) is 11.1. The summed E-state index contributed by atoms with van der Waals surface area (Å²) in [5.41, 5.74) is 1.35. The maximum absolute atomic E-state index is 11.6. The zero-order valence-corrected chi connectivity index (χ0v) is 13.6. The van der Waals surface area contributed by atoms with E-state index in [1.807, 2.05) is 6.92 Å². The number of aliphatic carboxylic acids is 1. The first-order valence-electron chi connectivity index (χ1n) is 7.07. The van der Waals surface area contributed by atoms with Crippen molar-refractivity contribution in [3.63, 3.8) is 0 Å². The first kappa shape index (κ1) is 16.9. The van der Waals surface area contributed by atoms with Gasteiger partial charge in [0.2, 0.25) is 0 Å². The van der Waals surface area contributed by atoms with E-state index in [-0.39, 0.29) is 5.57 Å². The molecule has 5 heteroatoms. The topological polar surface area (TPSA) is 55.8 Å². The molecule has 0 atom stereocenters. The Kier molecular flexibility index (Phi) is 5.66. The van der Waals surface area contributed by atoms with E-state index in [0.717, 1.165) is 0 Å². The molecule has 0 saturated carbocycles.